The Morgan fingerprint density at radius 2 is 1.58 bits per heavy atom. The number of carbonyl (C=O) groups excluding carboxylic acids is 2. The lowest BCUT2D eigenvalue weighted by Crippen LogP contribution is -2.11. The largest absolute Gasteiger partial charge is 0.481 e. The second-order valence-corrected chi connectivity index (χ2v) is 3.58. The van der Waals surface area contributed by atoms with E-state index in [1.54, 1.807) is 0 Å². The molecule has 0 rings (SSSR count). The number of aliphatic carboxylic acids is 2. The van der Waals surface area contributed by atoms with E-state index >= 15 is 0 Å². The van der Waals surface area contributed by atoms with Crippen LogP contribution in [0.3, 0.4) is 0 Å². The van der Waals surface area contributed by atoms with Gasteiger partial charge in [-0.25, -0.2) is 14.4 Å². The van der Waals surface area contributed by atoms with Crippen molar-refractivity contribution < 1.29 is 38.9 Å². The Hall–Kier alpha value is -2.94. The fourth-order valence-corrected chi connectivity index (χ4v) is 0.766. The Labute approximate surface area is 140 Å². The highest BCUT2D eigenvalue weighted by atomic mass is 16.5. The Morgan fingerprint density at radius 3 is 1.75 bits per heavy atom. The molecule has 0 unspecified atom stereocenters. The van der Waals surface area contributed by atoms with Gasteiger partial charge in [0, 0.05) is 24.3 Å². The molecule has 24 heavy (non-hydrogen) atoms. The van der Waals surface area contributed by atoms with E-state index in [0.717, 1.165) is 12.2 Å². The molecule has 0 aromatic heterocycles. The van der Waals surface area contributed by atoms with E-state index in [9.17, 15) is 19.2 Å². The number of hydrogen-bond donors (Lipinski definition) is 3. The van der Waals surface area contributed by atoms with Crippen LogP contribution >= 0.6 is 0 Å². The van der Waals surface area contributed by atoms with Gasteiger partial charge in [-0.05, 0) is 6.92 Å². The van der Waals surface area contributed by atoms with Crippen LogP contribution in [0.4, 0.5) is 0 Å². The SMILES string of the molecule is C=CC(=O)OC.C=CC(=O)OCCN.CC=C(CC(=O)O)C(=O)O. The van der Waals surface area contributed by atoms with Crippen LogP contribution in [0, 0.1) is 0 Å². The third kappa shape index (κ3) is 21.4. The molecule has 0 aliphatic rings. The van der Waals surface area contributed by atoms with Crippen molar-refractivity contribution in [1.29, 1.82) is 0 Å². The second-order valence-electron chi connectivity index (χ2n) is 3.58. The summed E-state index contributed by atoms with van der Waals surface area (Å²) in [5, 5.41) is 16.5. The van der Waals surface area contributed by atoms with Crippen molar-refractivity contribution >= 4 is 23.9 Å². The smallest absolute Gasteiger partial charge is 0.331 e. The van der Waals surface area contributed by atoms with Crippen molar-refractivity contribution in [2.75, 3.05) is 20.3 Å². The normalized spacial score (nSPS) is 9.04. The number of carbonyl (C=O) groups is 4. The number of methoxy groups -OCH3 is 1. The third-order valence-corrected chi connectivity index (χ3v) is 1.86. The molecule has 0 bridgehead atoms. The lowest BCUT2D eigenvalue weighted by atomic mass is 10.2. The minimum absolute atomic E-state index is 0.0903. The number of allylic oxidation sites excluding steroid dienone is 1. The summed E-state index contributed by atoms with van der Waals surface area (Å²) in [6.45, 7) is 8.48. The monoisotopic (exact) mass is 345 g/mol. The maximum atomic E-state index is 10.2. The van der Waals surface area contributed by atoms with E-state index in [0.29, 0.717) is 6.54 Å². The van der Waals surface area contributed by atoms with E-state index in [1.807, 2.05) is 0 Å². The van der Waals surface area contributed by atoms with Gasteiger partial charge < -0.3 is 25.4 Å². The van der Waals surface area contributed by atoms with Crippen LogP contribution in [-0.4, -0.2) is 54.4 Å². The van der Waals surface area contributed by atoms with Crippen molar-refractivity contribution in [3.8, 4) is 0 Å². The molecule has 0 heterocycles. The molecule has 0 aromatic rings. The first kappa shape index (κ1) is 26.0. The van der Waals surface area contributed by atoms with Crippen LogP contribution in [0.15, 0.2) is 37.0 Å². The van der Waals surface area contributed by atoms with E-state index in [1.165, 1.54) is 20.1 Å². The van der Waals surface area contributed by atoms with E-state index in [4.69, 9.17) is 15.9 Å². The molecule has 9 heteroatoms. The Morgan fingerprint density at radius 1 is 1.08 bits per heavy atom. The highest BCUT2D eigenvalue weighted by Gasteiger charge is 2.09. The molecule has 9 nitrogen and oxygen atoms in total. The van der Waals surface area contributed by atoms with Crippen molar-refractivity contribution in [3.63, 3.8) is 0 Å². The van der Waals surface area contributed by atoms with Crippen molar-refractivity contribution in [1.82, 2.24) is 0 Å². The quantitative estimate of drug-likeness (QED) is 0.442. The predicted molar refractivity (Wildman–Crippen MR) is 86.1 cm³/mol. The molecule has 0 fully saturated rings. The number of hydrogen-bond acceptors (Lipinski definition) is 7. The van der Waals surface area contributed by atoms with Crippen LogP contribution in [0.2, 0.25) is 0 Å². The first-order valence-corrected chi connectivity index (χ1v) is 6.49. The Balaban J connectivity index is -0.000000285. The summed E-state index contributed by atoms with van der Waals surface area (Å²) in [7, 11) is 1.31. The van der Waals surface area contributed by atoms with Crippen LogP contribution < -0.4 is 5.73 Å². The van der Waals surface area contributed by atoms with Crippen molar-refractivity contribution in [2.45, 2.75) is 13.3 Å². The Kier molecular flexibility index (Phi) is 19.6. The minimum atomic E-state index is -1.18. The van der Waals surface area contributed by atoms with Gasteiger partial charge in [-0.15, -0.1) is 0 Å². The highest BCUT2D eigenvalue weighted by molar-refractivity contribution is 5.91. The van der Waals surface area contributed by atoms with E-state index in [2.05, 4.69) is 22.6 Å². The van der Waals surface area contributed by atoms with Crippen LogP contribution in [0.5, 0.6) is 0 Å². The average Bonchev–Trinajstić information content (AvgIpc) is 2.57. The first-order chi connectivity index (χ1) is 11.2. The summed E-state index contributed by atoms with van der Waals surface area (Å²) >= 11 is 0. The van der Waals surface area contributed by atoms with E-state index < -0.39 is 30.3 Å². The molecule has 0 aromatic carbocycles. The van der Waals surface area contributed by atoms with Gasteiger partial charge in [0.15, 0.2) is 0 Å². The summed E-state index contributed by atoms with van der Waals surface area (Å²) in [5.74, 6) is -3.12. The average molecular weight is 345 g/mol. The highest BCUT2D eigenvalue weighted by Crippen LogP contribution is 1.99. The lowest BCUT2D eigenvalue weighted by molar-refractivity contribution is -0.139. The number of carboxylic acids is 2. The first-order valence-electron chi connectivity index (χ1n) is 6.49. The minimum Gasteiger partial charge on any atom is -0.481 e. The van der Waals surface area contributed by atoms with Gasteiger partial charge >= 0.3 is 23.9 Å². The van der Waals surface area contributed by atoms with Gasteiger partial charge in [0.2, 0.25) is 0 Å². The molecule has 0 spiro atoms. The topological polar surface area (TPSA) is 153 Å². The predicted octanol–water partition coefficient (Wildman–Crippen LogP) is 0.512. The molecule has 0 aliphatic heterocycles. The number of carboxylic acid groups (broad SMARTS) is 2. The third-order valence-electron chi connectivity index (χ3n) is 1.86. The van der Waals surface area contributed by atoms with Gasteiger partial charge in [-0.1, -0.05) is 19.2 Å². The van der Waals surface area contributed by atoms with Gasteiger partial charge in [-0.3, -0.25) is 4.79 Å². The standard InChI is InChI=1S/C6H8O4.C5H9NO2.C4H6O2/c1-2-4(6(9)10)3-5(7)8;1-2-5(7)8-4-3-6;1-3-4(5)6-2/h2H,3H2,1H3,(H,7,8)(H,9,10);2H,1,3-4,6H2;3H,1H2,2H3. The molecule has 0 saturated heterocycles. The zero-order valence-corrected chi connectivity index (χ0v) is 13.7. The molecule has 4 N–H and O–H groups in total. The summed E-state index contributed by atoms with van der Waals surface area (Å²) < 4.78 is 8.60. The van der Waals surface area contributed by atoms with Crippen LogP contribution in [0.1, 0.15) is 13.3 Å². The van der Waals surface area contributed by atoms with Gasteiger partial charge in [-0.2, -0.15) is 0 Å². The molecule has 0 radical (unpaired) electrons. The molecule has 0 amide bonds. The summed E-state index contributed by atoms with van der Waals surface area (Å²) in [4.78, 5) is 40.1. The Bertz CT molecular complexity index is 468. The summed E-state index contributed by atoms with van der Waals surface area (Å²) in [6, 6.07) is 0. The van der Waals surface area contributed by atoms with Crippen molar-refractivity contribution in [2.24, 2.45) is 5.73 Å². The molecule has 0 atom stereocenters. The molecule has 0 saturated carbocycles. The van der Waals surface area contributed by atoms with Gasteiger partial charge in [0.25, 0.3) is 0 Å². The van der Waals surface area contributed by atoms with Gasteiger partial charge in [0.1, 0.15) is 6.61 Å². The molecular weight excluding hydrogens is 322 g/mol. The van der Waals surface area contributed by atoms with Crippen LogP contribution in [0.25, 0.3) is 0 Å². The molecule has 0 aliphatic carbocycles. The van der Waals surface area contributed by atoms with Crippen LogP contribution in [-0.2, 0) is 28.7 Å². The van der Waals surface area contributed by atoms with Crippen molar-refractivity contribution in [3.05, 3.63) is 37.0 Å². The fourth-order valence-electron chi connectivity index (χ4n) is 0.766. The second kappa shape index (κ2) is 18.1. The van der Waals surface area contributed by atoms with E-state index in [-0.39, 0.29) is 12.2 Å². The fraction of sp³-hybridized carbons (Fsp3) is 0.333. The molecule has 136 valence electrons. The lowest BCUT2D eigenvalue weighted by Gasteiger charge is -1.94. The maximum Gasteiger partial charge on any atom is 0.331 e. The zero-order valence-electron chi connectivity index (χ0n) is 13.7. The number of rotatable bonds is 7. The molecular formula is C15H23NO8. The zero-order chi connectivity index (χ0) is 19.5. The van der Waals surface area contributed by atoms with Gasteiger partial charge in [0.05, 0.1) is 13.5 Å². The maximum absolute atomic E-state index is 10.2. The number of esters is 2. The number of ether oxygens (including phenoxy) is 2. The summed E-state index contributed by atoms with van der Waals surface area (Å²) in [5.41, 5.74) is 4.93. The summed E-state index contributed by atoms with van der Waals surface area (Å²) in [6.07, 6.45) is 3.07. The number of nitrogens with two attached hydrogens (primary N) is 1.